The number of halogens is 1. The SMILES string of the molecule is Cc1cc(Cl)ccc1OC(C)C(=O)OCCC(C)O. The first-order chi connectivity index (χ1) is 8.90. The molecule has 1 aromatic rings. The van der Waals surface area contributed by atoms with Crippen molar-refractivity contribution in [3.05, 3.63) is 28.8 Å². The summed E-state index contributed by atoms with van der Waals surface area (Å²) in [4.78, 5) is 11.7. The van der Waals surface area contributed by atoms with Crippen LogP contribution >= 0.6 is 11.6 Å². The van der Waals surface area contributed by atoms with E-state index in [2.05, 4.69) is 0 Å². The molecule has 0 spiro atoms. The van der Waals surface area contributed by atoms with E-state index in [9.17, 15) is 4.79 Å². The molecule has 0 aliphatic heterocycles. The molecule has 106 valence electrons. The molecule has 0 aliphatic carbocycles. The molecule has 5 heteroatoms. The zero-order valence-corrected chi connectivity index (χ0v) is 12.1. The molecule has 0 fully saturated rings. The van der Waals surface area contributed by atoms with Gasteiger partial charge in [-0.1, -0.05) is 11.6 Å². The van der Waals surface area contributed by atoms with Crippen LogP contribution < -0.4 is 4.74 Å². The molecule has 0 aliphatic rings. The Hall–Kier alpha value is -1.26. The van der Waals surface area contributed by atoms with Crippen LogP contribution in [0.15, 0.2) is 18.2 Å². The van der Waals surface area contributed by atoms with E-state index in [0.717, 1.165) is 5.56 Å². The van der Waals surface area contributed by atoms with Gasteiger partial charge < -0.3 is 14.6 Å². The summed E-state index contributed by atoms with van der Waals surface area (Å²) in [5, 5.41) is 9.69. The highest BCUT2D eigenvalue weighted by Gasteiger charge is 2.17. The Morgan fingerprint density at radius 2 is 2.11 bits per heavy atom. The van der Waals surface area contributed by atoms with Crippen molar-refractivity contribution in [2.45, 2.75) is 39.4 Å². The molecule has 1 N–H and O–H groups in total. The molecule has 0 amide bonds. The molecule has 2 unspecified atom stereocenters. The highest BCUT2D eigenvalue weighted by Crippen LogP contribution is 2.22. The number of aliphatic hydroxyl groups excluding tert-OH is 1. The van der Waals surface area contributed by atoms with Crippen LogP contribution in [-0.2, 0) is 9.53 Å². The largest absolute Gasteiger partial charge is 0.479 e. The Labute approximate surface area is 118 Å². The third-order valence-corrected chi connectivity index (χ3v) is 2.79. The summed E-state index contributed by atoms with van der Waals surface area (Å²) in [6.45, 7) is 5.31. The van der Waals surface area contributed by atoms with E-state index in [-0.39, 0.29) is 6.61 Å². The van der Waals surface area contributed by atoms with Gasteiger partial charge in [0.05, 0.1) is 12.7 Å². The first-order valence-corrected chi connectivity index (χ1v) is 6.55. The Bertz CT molecular complexity index is 431. The minimum Gasteiger partial charge on any atom is -0.479 e. The second-order valence-corrected chi connectivity index (χ2v) is 4.91. The second kappa shape index (κ2) is 7.36. The molecule has 0 saturated carbocycles. The molecule has 1 rings (SSSR count). The van der Waals surface area contributed by atoms with E-state index in [0.29, 0.717) is 17.2 Å². The number of benzene rings is 1. The first-order valence-electron chi connectivity index (χ1n) is 6.17. The van der Waals surface area contributed by atoms with E-state index in [1.807, 2.05) is 6.92 Å². The summed E-state index contributed by atoms with van der Waals surface area (Å²) >= 11 is 5.84. The average Bonchev–Trinajstić information content (AvgIpc) is 2.32. The number of aliphatic hydroxyl groups is 1. The number of carbonyl (C=O) groups is 1. The summed E-state index contributed by atoms with van der Waals surface area (Å²) < 4.78 is 10.5. The third-order valence-electron chi connectivity index (χ3n) is 2.55. The fourth-order valence-electron chi connectivity index (χ4n) is 1.43. The predicted molar refractivity (Wildman–Crippen MR) is 73.5 cm³/mol. The summed E-state index contributed by atoms with van der Waals surface area (Å²) in [6.07, 6.45) is -0.769. The van der Waals surface area contributed by atoms with Crippen LogP contribution in [0, 0.1) is 6.92 Å². The first kappa shape index (κ1) is 15.8. The van der Waals surface area contributed by atoms with Gasteiger partial charge >= 0.3 is 5.97 Å². The molecule has 0 saturated heterocycles. The maximum atomic E-state index is 11.7. The zero-order valence-electron chi connectivity index (χ0n) is 11.4. The second-order valence-electron chi connectivity index (χ2n) is 4.48. The van der Waals surface area contributed by atoms with E-state index in [1.54, 1.807) is 32.0 Å². The third kappa shape index (κ3) is 5.49. The van der Waals surface area contributed by atoms with Gasteiger partial charge in [0.2, 0.25) is 0 Å². The van der Waals surface area contributed by atoms with Gasteiger partial charge in [0.15, 0.2) is 6.10 Å². The van der Waals surface area contributed by atoms with Crippen LogP contribution in [0.3, 0.4) is 0 Å². The number of ether oxygens (including phenoxy) is 2. The van der Waals surface area contributed by atoms with Crippen LogP contribution in [0.25, 0.3) is 0 Å². The zero-order chi connectivity index (χ0) is 14.4. The maximum absolute atomic E-state index is 11.7. The lowest BCUT2D eigenvalue weighted by molar-refractivity contribution is -0.151. The number of rotatable bonds is 6. The average molecular weight is 287 g/mol. The Balaban J connectivity index is 2.49. The maximum Gasteiger partial charge on any atom is 0.347 e. The lowest BCUT2D eigenvalue weighted by atomic mass is 10.2. The van der Waals surface area contributed by atoms with E-state index in [1.165, 1.54) is 0 Å². The van der Waals surface area contributed by atoms with Crippen molar-refractivity contribution in [3.8, 4) is 5.75 Å². The molecule has 0 bridgehead atoms. The predicted octanol–water partition coefficient (Wildman–Crippen LogP) is 2.73. The quantitative estimate of drug-likeness (QED) is 0.817. The van der Waals surface area contributed by atoms with Gasteiger partial charge in [-0.05, 0) is 44.5 Å². The van der Waals surface area contributed by atoms with Crippen LogP contribution in [0.5, 0.6) is 5.75 Å². The van der Waals surface area contributed by atoms with Crippen molar-refractivity contribution in [1.29, 1.82) is 0 Å². The van der Waals surface area contributed by atoms with Gasteiger partial charge in [-0.2, -0.15) is 0 Å². The van der Waals surface area contributed by atoms with E-state index in [4.69, 9.17) is 26.2 Å². The number of carbonyl (C=O) groups excluding carboxylic acids is 1. The van der Waals surface area contributed by atoms with Gasteiger partial charge in [-0.15, -0.1) is 0 Å². The molecule has 1 aromatic carbocycles. The molecular weight excluding hydrogens is 268 g/mol. The highest BCUT2D eigenvalue weighted by atomic mass is 35.5. The number of aryl methyl sites for hydroxylation is 1. The normalized spacial score (nSPS) is 13.7. The fraction of sp³-hybridized carbons (Fsp3) is 0.500. The Morgan fingerprint density at radius 3 is 2.68 bits per heavy atom. The lowest BCUT2D eigenvalue weighted by Crippen LogP contribution is -2.27. The smallest absolute Gasteiger partial charge is 0.347 e. The van der Waals surface area contributed by atoms with Crippen LogP contribution in [0.2, 0.25) is 5.02 Å². The Kier molecular flexibility index (Phi) is 6.12. The van der Waals surface area contributed by atoms with Crippen molar-refractivity contribution < 1.29 is 19.4 Å². The van der Waals surface area contributed by atoms with Gasteiger partial charge in [-0.3, -0.25) is 0 Å². The van der Waals surface area contributed by atoms with E-state index < -0.39 is 18.2 Å². The minimum absolute atomic E-state index is 0.184. The summed E-state index contributed by atoms with van der Waals surface area (Å²) in [6, 6.07) is 5.19. The molecule has 0 heterocycles. The summed E-state index contributed by atoms with van der Waals surface area (Å²) in [7, 11) is 0. The van der Waals surface area contributed by atoms with Crippen molar-refractivity contribution >= 4 is 17.6 Å². The highest BCUT2D eigenvalue weighted by molar-refractivity contribution is 6.30. The van der Waals surface area contributed by atoms with Crippen molar-refractivity contribution in [2.24, 2.45) is 0 Å². The molecule has 4 nitrogen and oxygen atoms in total. The summed E-state index contributed by atoms with van der Waals surface area (Å²) in [5.74, 6) is 0.152. The van der Waals surface area contributed by atoms with Crippen molar-refractivity contribution in [1.82, 2.24) is 0 Å². The van der Waals surface area contributed by atoms with Crippen LogP contribution in [0.1, 0.15) is 25.8 Å². The molecule has 0 aromatic heterocycles. The molecule has 0 radical (unpaired) electrons. The number of esters is 1. The standard InChI is InChI=1S/C14H19ClO4/c1-9-8-12(15)4-5-13(9)19-11(3)14(17)18-7-6-10(2)16/h4-5,8,10-11,16H,6-7H2,1-3H3. The van der Waals surface area contributed by atoms with Gasteiger partial charge in [-0.25, -0.2) is 4.79 Å². The minimum atomic E-state index is -0.700. The van der Waals surface area contributed by atoms with Gasteiger partial charge in [0, 0.05) is 11.4 Å². The van der Waals surface area contributed by atoms with E-state index >= 15 is 0 Å². The summed E-state index contributed by atoms with van der Waals surface area (Å²) in [5.41, 5.74) is 0.858. The van der Waals surface area contributed by atoms with Crippen LogP contribution in [0.4, 0.5) is 0 Å². The number of hydrogen-bond acceptors (Lipinski definition) is 4. The number of hydrogen-bond donors (Lipinski definition) is 1. The van der Waals surface area contributed by atoms with Crippen molar-refractivity contribution in [3.63, 3.8) is 0 Å². The topological polar surface area (TPSA) is 55.8 Å². The van der Waals surface area contributed by atoms with Gasteiger partial charge in [0.25, 0.3) is 0 Å². The monoisotopic (exact) mass is 286 g/mol. The van der Waals surface area contributed by atoms with Crippen LogP contribution in [-0.4, -0.2) is 29.9 Å². The van der Waals surface area contributed by atoms with Crippen molar-refractivity contribution in [2.75, 3.05) is 6.61 Å². The Morgan fingerprint density at radius 1 is 1.42 bits per heavy atom. The fourth-order valence-corrected chi connectivity index (χ4v) is 1.66. The molecule has 2 atom stereocenters. The lowest BCUT2D eigenvalue weighted by Gasteiger charge is -2.16. The molecular formula is C14H19ClO4. The molecule has 19 heavy (non-hydrogen) atoms. The van der Waals surface area contributed by atoms with Gasteiger partial charge in [0.1, 0.15) is 5.75 Å².